The fourth-order valence-corrected chi connectivity index (χ4v) is 2.29. The van der Waals surface area contributed by atoms with Crippen LogP contribution in [-0.2, 0) is 0 Å². The van der Waals surface area contributed by atoms with Crippen LogP contribution in [-0.4, -0.2) is 49.7 Å². The summed E-state index contributed by atoms with van der Waals surface area (Å²) in [6, 6.07) is 7.09. The zero-order valence-electron chi connectivity index (χ0n) is 13.2. The smallest absolute Gasteiger partial charge is 0.266 e. The van der Waals surface area contributed by atoms with Crippen molar-refractivity contribution in [3.05, 3.63) is 40.8 Å². The Bertz CT molecular complexity index is 719. The van der Waals surface area contributed by atoms with Gasteiger partial charge < -0.3 is 24.8 Å². The van der Waals surface area contributed by atoms with Crippen LogP contribution >= 0.6 is 0 Å². The maximum atomic E-state index is 11.1. The standard InChI is InChI=1S/C16H20N4O4/c21-15-10-12(11-19-20-15)18-5-4-17-6-7-22-13-2-1-3-14-16(13)24-9-8-23-14/h1-3,10-11,17H,4-9H2,(H2,18,20,21). The quantitative estimate of drug-likeness (QED) is 0.610. The molecular formula is C16H20N4O4. The molecule has 0 bridgehead atoms. The van der Waals surface area contributed by atoms with E-state index in [9.17, 15) is 4.79 Å². The lowest BCUT2D eigenvalue weighted by Crippen LogP contribution is -2.27. The molecule has 2 aromatic rings. The zero-order valence-corrected chi connectivity index (χ0v) is 13.2. The summed E-state index contributed by atoms with van der Waals surface area (Å²) in [7, 11) is 0. The van der Waals surface area contributed by atoms with Gasteiger partial charge >= 0.3 is 0 Å². The summed E-state index contributed by atoms with van der Waals surface area (Å²) in [5.74, 6) is 2.09. The van der Waals surface area contributed by atoms with Crippen LogP contribution in [0.1, 0.15) is 0 Å². The molecule has 0 amide bonds. The fraction of sp³-hybridized carbons (Fsp3) is 0.375. The number of benzene rings is 1. The molecule has 0 unspecified atom stereocenters. The van der Waals surface area contributed by atoms with Crippen LogP contribution in [0.15, 0.2) is 35.3 Å². The zero-order chi connectivity index (χ0) is 16.6. The van der Waals surface area contributed by atoms with Crippen LogP contribution in [0.25, 0.3) is 0 Å². The van der Waals surface area contributed by atoms with Crippen molar-refractivity contribution >= 4 is 5.69 Å². The van der Waals surface area contributed by atoms with Gasteiger partial charge in [-0.25, -0.2) is 5.10 Å². The molecule has 0 saturated heterocycles. The summed E-state index contributed by atoms with van der Waals surface area (Å²) < 4.78 is 16.9. The number of nitrogens with zero attached hydrogens (tertiary/aromatic N) is 1. The molecule has 8 nitrogen and oxygen atoms in total. The second kappa shape index (κ2) is 8.21. The molecule has 24 heavy (non-hydrogen) atoms. The number of rotatable bonds is 8. The van der Waals surface area contributed by atoms with E-state index < -0.39 is 0 Å². The lowest BCUT2D eigenvalue weighted by Gasteiger charge is -2.20. The van der Waals surface area contributed by atoms with E-state index in [4.69, 9.17) is 14.2 Å². The van der Waals surface area contributed by atoms with Crippen molar-refractivity contribution in [2.45, 2.75) is 0 Å². The maximum absolute atomic E-state index is 11.1. The van der Waals surface area contributed by atoms with Gasteiger partial charge in [-0.3, -0.25) is 4.79 Å². The topological polar surface area (TPSA) is 97.5 Å². The molecule has 1 aromatic heterocycles. The number of anilines is 1. The number of aromatic amines is 1. The Morgan fingerprint density at radius 2 is 2.12 bits per heavy atom. The van der Waals surface area contributed by atoms with E-state index in [-0.39, 0.29) is 5.56 Å². The SMILES string of the molecule is O=c1cc(NCCNCCOc2cccc3c2OCCO3)cn[nH]1. The van der Waals surface area contributed by atoms with Crippen LogP contribution in [0.2, 0.25) is 0 Å². The van der Waals surface area contributed by atoms with Crippen molar-refractivity contribution in [1.29, 1.82) is 0 Å². The number of H-pyrrole nitrogens is 1. The van der Waals surface area contributed by atoms with Gasteiger partial charge in [0.1, 0.15) is 19.8 Å². The van der Waals surface area contributed by atoms with Crippen molar-refractivity contribution in [3.8, 4) is 17.2 Å². The van der Waals surface area contributed by atoms with Crippen molar-refractivity contribution in [3.63, 3.8) is 0 Å². The summed E-state index contributed by atoms with van der Waals surface area (Å²) in [5.41, 5.74) is 0.476. The van der Waals surface area contributed by atoms with Crippen molar-refractivity contribution in [2.24, 2.45) is 0 Å². The largest absolute Gasteiger partial charge is 0.488 e. The predicted octanol–water partition coefficient (Wildman–Crippen LogP) is 0.622. The normalized spacial score (nSPS) is 12.7. The first-order valence-corrected chi connectivity index (χ1v) is 7.84. The average molecular weight is 332 g/mol. The number of ether oxygens (including phenoxy) is 3. The molecule has 0 atom stereocenters. The second-order valence-corrected chi connectivity index (χ2v) is 5.14. The Morgan fingerprint density at radius 1 is 1.21 bits per heavy atom. The van der Waals surface area contributed by atoms with Gasteiger partial charge in [0, 0.05) is 25.7 Å². The Balaban J connectivity index is 1.34. The molecule has 2 heterocycles. The first-order chi connectivity index (χ1) is 11.8. The Morgan fingerprint density at radius 3 is 3.04 bits per heavy atom. The molecular weight excluding hydrogens is 312 g/mol. The number of hydrogen-bond acceptors (Lipinski definition) is 7. The van der Waals surface area contributed by atoms with Crippen LogP contribution < -0.4 is 30.4 Å². The third-order valence-corrected chi connectivity index (χ3v) is 3.36. The molecule has 0 saturated carbocycles. The maximum Gasteiger partial charge on any atom is 0.266 e. The molecule has 0 fully saturated rings. The lowest BCUT2D eigenvalue weighted by atomic mass is 10.3. The molecule has 0 aliphatic carbocycles. The predicted molar refractivity (Wildman–Crippen MR) is 89.1 cm³/mol. The van der Waals surface area contributed by atoms with Gasteiger partial charge in [-0.2, -0.15) is 5.10 Å². The minimum absolute atomic E-state index is 0.223. The molecule has 128 valence electrons. The number of hydrogen-bond donors (Lipinski definition) is 3. The van der Waals surface area contributed by atoms with E-state index >= 15 is 0 Å². The van der Waals surface area contributed by atoms with Gasteiger partial charge in [-0.1, -0.05) is 6.07 Å². The third kappa shape index (κ3) is 4.39. The number of aromatic nitrogens is 2. The van der Waals surface area contributed by atoms with E-state index in [2.05, 4.69) is 20.8 Å². The van der Waals surface area contributed by atoms with E-state index in [1.807, 2.05) is 18.2 Å². The van der Waals surface area contributed by atoms with Gasteiger partial charge in [0.15, 0.2) is 11.5 Å². The van der Waals surface area contributed by atoms with Gasteiger partial charge in [0.2, 0.25) is 5.75 Å². The highest BCUT2D eigenvalue weighted by molar-refractivity contribution is 5.51. The summed E-state index contributed by atoms with van der Waals surface area (Å²) in [5, 5.41) is 12.4. The highest BCUT2D eigenvalue weighted by Crippen LogP contribution is 2.38. The molecule has 0 radical (unpaired) electrons. The number of fused-ring (bicyclic) bond motifs is 1. The molecule has 1 aliphatic rings. The van der Waals surface area contributed by atoms with Crippen LogP contribution in [0.3, 0.4) is 0 Å². The van der Waals surface area contributed by atoms with E-state index in [1.165, 1.54) is 6.07 Å². The van der Waals surface area contributed by atoms with Crippen LogP contribution in [0, 0.1) is 0 Å². The fourth-order valence-electron chi connectivity index (χ4n) is 2.29. The first-order valence-electron chi connectivity index (χ1n) is 7.84. The van der Waals surface area contributed by atoms with Crippen molar-refractivity contribution in [1.82, 2.24) is 15.5 Å². The van der Waals surface area contributed by atoms with E-state index in [0.717, 1.165) is 12.3 Å². The minimum Gasteiger partial charge on any atom is -0.488 e. The highest BCUT2D eigenvalue weighted by atomic mass is 16.6. The summed E-state index contributed by atoms with van der Waals surface area (Å²) in [6.07, 6.45) is 1.57. The summed E-state index contributed by atoms with van der Waals surface area (Å²) in [4.78, 5) is 11.1. The Hall–Kier alpha value is -2.74. The monoisotopic (exact) mass is 332 g/mol. The molecule has 1 aliphatic heterocycles. The number of nitrogens with one attached hydrogen (secondary N) is 3. The van der Waals surface area contributed by atoms with E-state index in [1.54, 1.807) is 6.20 Å². The molecule has 3 rings (SSSR count). The Labute approximate surface area is 139 Å². The summed E-state index contributed by atoms with van der Waals surface area (Å²) >= 11 is 0. The van der Waals surface area contributed by atoms with Crippen molar-refractivity contribution < 1.29 is 14.2 Å². The van der Waals surface area contributed by atoms with Crippen molar-refractivity contribution in [2.75, 3.05) is 44.8 Å². The van der Waals surface area contributed by atoms with Crippen LogP contribution in [0.4, 0.5) is 5.69 Å². The van der Waals surface area contributed by atoms with E-state index in [0.29, 0.717) is 50.1 Å². The van der Waals surface area contributed by atoms with Gasteiger partial charge in [-0.05, 0) is 12.1 Å². The van der Waals surface area contributed by atoms with Gasteiger partial charge in [-0.15, -0.1) is 0 Å². The molecule has 3 N–H and O–H groups in total. The number of para-hydroxylation sites is 1. The molecule has 0 spiro atoms. The molecule has 1 aromatic carbocycles. The van der Waals surface area contributed by atoms with Crippen LogP contribution in [0.5, 0.6) is 17.2 Å². The average Bonchev–Trinajstić information content (AvgIpc) is 2.61. The first kappa shape index (κ1) is 16.1. The highest BCUT2D eigenvalue weighted by Gasteiger charge is 2.16. The summed E-state index contributed by atoms with van der Waals surface area (Å²) in [6.45, 7) is 3.74. The molecule has 8 heteroatoms. The Kier molecular flexibility index (Phi) is 5.52. The van der Waals surface area contributed by atoms with Gasteiger partial charge in [0.05, 0.1) is 11.9 Å². The van der Waals surface area contributed by atoms with Gasteiger partial charge in [0.25, 0.3) is 5.56 Å². The second-order valence-electron chi connectivity index (χ2n) is 5.14. The lowest BCUT2D eigenvalue weighted by molar-refractivity contribution is 0.162. The third-order valence-electron chi connectivity index (χ3n) is 3.36. The minimum atomic E-state index is -0.223.